The number of carbonyl (C=O) groups is 1. The Hall–Kier alpha value is -3.72. The van der Waals surface area contributed by atoms with Crippen molar-refractivity contribution in [2.75, 3.05) is 11.1 Å². The lowest BCUT2D eigenvalue weighted by atomic mass is 10.1. The van der Waals surface area contributed by atoms with Crippen molar-refractivity contribution < 1.29 is 14.1 Å². The van der Waals surface area contributed by atoms with Crippen LogP contribution in [0, 0.1) is 17.0 Å². The summed E-state index contributed by atoms with van der Waals surface area (Å²) in [6.45, 7) is 1.76. The smallest absolute Gasteiger partial charge is 0.277 e. The van der Waals surface area contributed by atoms with Gasteiger partial charge in [0.25, 0.3) is 10.9 Å². The number of anilines is 1. The Balaban J connectivity index is 1.41. The number of benzene rings is 3. The van der Waals surface area contributed by atoms with E-state index in [2.05, 4.69) is 15.5 Å². The molecule has 0 atom stereocenters. The van der Waals surface area contributed by atoms with Crippen molar-refractivity contribution in [1.29, 1.82) is 0 Å². The van der Waals surface area contributed by atoms with Crippen LogP contribution in [0.4, 0.5) is 11.4 Å². The summed E-state index contributed by atoms with van der Waals surface area (Å²) in [6.07, 6.45) is 0. The highest BCUT2D eigenvalue weighted by molar-refractivity contribution is 7.99. The van der Waals surface area contributed by atoms with Crippen molar-refractivity contribution in [1.82, 2.24) is 10.2 Å². The van der Waals surface area contributed by atoms with Crippen molar-refractivity contribution >= 4 is 39.8 Å². The second-order valence-electron chi connectivity index (χ2n) is 6.53. The van der Waals surface area contributed by atoms with Gasteiger partial charge in [-0.15, -0.1) is 10.2 Å². The summed E-state index contributed by atoms with van der Waals surface area (Å²) in [6, 6.07) is 18.1. The predicted octanol–water partition coefficient (Wildman–Crippen LogP) is 4.84. The van der Waals surface area contributed by atoms with Crippen molar-refractivity contribution in [2.24, 2.45) is 0 Å². The number of hydrogen-bond acceptors (Lipinski definition) is 7. The Morgan fingerprint density at radius 2 is 1.90 bits per heavy atom. The van der Waals surface area contributed by atoms with E-state index < -0.39 is 4.92 Å². The van der Waals surface area contributed by atoms with E-state index in [0.29, 0.717) is 11.6 Å². The van der Waals surface area contributed by atoms with E-state index in [-0.39, 0.29) is 22.6 Å². The minimum Gasteiger partial charge on any atom is -0.411 e. The second-order valence-corrected chi connectivity index (χ2v) is 7.45. The molecule has 1 heterocycles. The maximum atomic E-state index is 12.3. The standard InChI is InChI=1S/C21H16N4O4S/c1-13-6-9-17(25(27)28)11-18(13)22-19(26)12-30-21-24-23-20(29-21)16-8-7-14-4-2-3-5-15(14)10-16/h2-11H,12H2,1H3,(H,22,26). The molecule has 9 heteroatoms. The number of non-ortho nitro benzene ring substituents is 1. The van der Waals surface area contributed by atoms with Crippen LogP contribution in [0.5, 0.6) is 0 Å². The summed E-state index contributed by atoms with van der Waals surface area (Å²) in [4.78, 5) is 22.7. The summed E-state index contributed by atoms with van der Waals surface area (Å²) >= 11 is 1.10. The number of nitrogens with zero attached hydrogens (tertiary/aromatic N) is 3. The molecule has 0 saturated heterocycles. The molecule has 30 heavy (non-hydrogen) atoms. The van der Waals surface area contributed by atoms with Gasteiger partial charge in [0.05, 0.1) is 16.4 Å². The Kier molecular flexibility index (Phi) is 5.44. The molecule has 0 aliphatic carbocycles. The average Bonchev–Trinajstić information content (AvgIpc) is 3.22. The highest BCUT2D eigenvalue weighted by Gasteiger charge is 2.14. The number of nitro benzene ring substituents is 1. The topological polar surface area (TPSA) is 111 Å². The summed E-state index contributed by atoms with van der Waals surface area (Å²) < 4.78 is 5.66. The fourth-order valence-corrected chi connectivity index (χ4v) is 3.44. The van der Waals surface area contributed by atoms with Gasteiger partial charge in [-0.3, -0.25) is 14.9 Å². The number of nitrogens with one attached hydrogen (secondary N) is 1. The van der Waals surface area contributed by atoms with Gasteiger partial charge in [0.1, 0.15) is 0 Å². The number of aryl methyl sites for hydroxylation is 1. The quantitative estimate of drug-likeness (QED) is 0.270. The first-order valence-electron chi connectivity index (χ1n) is 9.00. The number of amides is 1. The average molecular weight is 420 g/mol. The first-order valence-corrected chi connectivity index (χ1v) is 9.98. The number of rotatable bonds is 6. The molecular formula is C21H16N4O4S. The monoisotopic (exact) mass is 420 g/mol. The molecule has 1 amide bonds. The van der Waals surface area contributed by atoms with E-state index in [1.807, 2.05) is 42.5 Å². The predicted molar refractivity (Wildman–Crippen MR) is 114 cm³/mol. The lowest BCUT2D eigenvalue weighted by molar-refractivity contribution is -0.384. The Morgan fingerprint density at radius 3 is 2.70 bits per heavy atom. The van der Waals surface area contributed by atoms with Crippen LogP contribution in [0.1, 0.15) is 5.56 Å². The minimum atomic E-state index is -0.503. The summed E-state index contributed by atoms with van der Waals surface area (Å²) in [5.74, 6) is 0.0776. The zero-order chi connectivity index (χ0) is 21.1. The van der Waals surface area contributed by atoms with Crippen LogP contribution in [0.3, 0.4) is 0 Å². The summed E-state index contributed by atoms with van der Waals surface area (Å²) in [7, 11) is 0. The molecule has 4 rings (SSSR count). The first-order chi connectivity index (χ1) is 14.5. The van der Waals surface area contributed by atoms with Gasteiger partial charge in [0, 0.05) is 17.7 Å². The molecule has 4 aromatic rings. The van der Waals surface area contributed by atoms with E-state index in [9.17, 15) is 14.9 Å². The van der Waals surface area contributed by atoms with Gasteiger partial charge in [-0.05, 0) is 35.4 Å². The lowest BCUT2D eigenvalue weighted by Crippen LogP contribution is -2.15. The summed E-state index contributed by atoms with van der Waals surface area (Å²) in [5.41, 5.74) is 1.85. The van der Waals surface area contributed by atoms with E-state index in [1.165, 1.54) is 12.1 Å². The Bertz CT molecular complexity index is 1250. The zero-order valence-corrected chi connectivity index (χ0v) is 16.7. The van der Waals surface area contributed by atoms with Gasteiger partial charge in [0.2, 0.25) is 11.8 Å². The lowest BCUT2D eigenvalue weighted by Gasteiger charge is -2.07. The Morgan fingerprint density at radius 1 is 1.10 bits per heavy atom. The largest absolute Gasteiger partial charge is 0.411 e. The molecule has 0 spiro atoms. The molecule has 0 bridgehead atoms. The van der Waals surface area contributed by atoms with Crippen molar-refractivity contribution in [3.8, 4) is 11.5 Å². The molecule has 0 aliphatic rings. The van der Waals surface area contributed by atoms with Crippen LogP contribution in [-0.4, -0.2) is 26.8 Å². The molecule has 0 unspecified atom stereocenters. The fourth-order valence-electron chi connectivity index (χ4n) is 2.88. The summed E-state index contributed by atoms with van der Waals surface area (Å²) in [5, 5.41) is 24.1. The number of hydrogen-bond donors (Lipinski definition) is 1. The maximum absolute atomic E-state index is 12.3. The highest BCUT2D eigenvalue weighted by Crippen LogP contribution is 2.27. The SMILES string of the molecule is Cc1ccc([N+](=O)[O-])cc1NC(=O)CSc1nnc(-c2ccc3ccccc3c2)o1. The zero-order valence-electron chi connectivity index (χ0n) is 15.9. The molecule has 0 aliphatic heterocycles. The van der Waals surface area contributed by atoms with E-state index in [0.717, 1.165) is 33.7 Å². The molecule has 3 aromatic carbocycles. The third-order valence-corrected chi connectivity index (χ3v) is 5.25. The van der Waals surface area contributed by atoms with Gasteiger partial charge in [-0.1, -0.05) is 48.2 Å². The first kappa shape index (κ1) is 19.6. The number of nitro groups is 1. The van der Waals surface area contributed by atoms with Crippen molar-refractivity contribution in [2.45, 2.75) is 12.1 Å². The van der Waals surface area contributed by atoms with Crippen LogP contribution >= 0.6 is 11.8 Å². The molecule has 1 aromatic heterocycles. The van der Waals surface area contributed by atoms with Gasteiger partial charge < -0.3 is 9.73 Å². The van der Waals surface area contributed by atoms with E-state index in [1.54, 1.807) is 13.0 Å². The van der Waals surface area contributed by atoms with Gasteiger partial charge in [-0.25, -0.2) is 0 Å². The molecular weight excluding hydrogens is 404 g/mol. The van der Waals surface area contributed by atoms with Crippen LogP contribution in [0.25, 0.3) is 22.2 Å². The molecule has 0 radical (unpaired) electrons. The van der Waals surface area contributed by atoms with Crippen LogP contribution in [0.2, 0.25) is 0 Å². The van der Waals surface area contributed by atoms with Crippen LogP contribution in [0.15, 0.2) is 70.3 Å². The van der Waals surface area contributed by atoms with Crippen LogP contribution < -0.4 is 5.32 Å². The van der Waals surface area contributed by atoms with Gasteiger partial charge in [0.15, 0.2) is 0 Å². The maximum Gasteiger partial charge on any atom is 0.277 e. The number of carbonyl (C=O) groups excluding carboxylic acids is 1. The second kappa shape index (κ2) is 8.34. The third-order valence-electron chi connectivity index (χ3n) is 4.44. The molecule has 8 nitrogen and oxygen atoms in total. The van der Waals surface area contributed by atoms with Gasteiger partial charge in [-0.2, -0.15) is 0 Å². The Labute approximate surface area is 175 Å². The van der Waals surface area contributed by atoms with Gasteiger partial charge >= 0.3 is 0 Å². The fraction of sp³-hybridized carbons (Fsp3) is 0.0952. The molecule has 0 fully saturated rings. The number of fused-ring (bicyclic) bond motifs is 1. The highest BCUT2D eigenvalue weighted by atomic mass is 32.2. The van der Waals surface area contributed by atoms with Crippen molar-refractivity contribution in [3.05, 3.63) is 76.3 Å². The number of aromatic nitrogens is 2. The molecule has 1 N–H and O–H groups in total. The molecule has 150 valence electrons. The van der Waals surface area contributed by atoms with E-state index in [4.69, 9.17) is 4.42 Å². The van der Waals surface area contributed by atoms with Crippen molar-refractivity contribution in [3.63, 3.8) is 0 Å². The molecule has 0 saturated carbocycles. The normalized spacial score (nSPS) is 10.8. The third kappa shape index (κ3) is 4.31. The number of thioether (sulfide) groups is 1. The minimum absolute atomic E-state index is 0.0293. The van der Waals surface area contributed by atoms with Crippen LogP contribution in [-0.2, 0) is 4.79 Å². The van der Waals surface area contributed by atoms with E-state index >= 15 is 0 Å².